The Kier molecular flexibility index (Phi) is 6.10. The lowest BCUT2D eigenvalue weighted by Crippen LogP contribution is -2.26. The molecule has 1 amide bonds. The Balaban J connectivity index is 1.46. The number of thiophene rings is 1. The first-order chi connectivity index (χ1) is 15.7. The molecule has 0 fully saturated rings. The van der Waals surface area contributed by atoms with Crippen LogP contribution in [-0.2, 0) is 24.2 Å². The number of amides is 1. The second-order valence-electron chi connectivity index (χ2n) is 7.81. The second-order valence-corrected chi connectivity index (χ2v) is 9.84. The number of carbonyl (C=O) groups is 1. The van der Waals surface area contributed by atoms with Gasteiger partial charge < -0.3 is 5.32 Å². The number of carbonyl (C=O) groups excluding carboxylic acids is 1. The molecule has 1 aliphatic rings. The molecule has 0 aliphatic heterocycles. The lowest BCUT2D eigenvalue weighted by atomic mass is 9.97. The number of aryl methyl sites for hydroxylation is 2. The molecule has 5 nitrogen and oxygen atoms in total. The first kappa shape index (κ1) is 21.0. The van der Waals surface area contributed by atoms with Gasteiger partial charge in [-0.2, -0.15) is 0 Å². The van der Waals surface area contributed by atoms with Crippen LogP contribution in [0.1, 0.15) is 28.8 Å². The number of thioether (sulfide) groups is 1. The topological polar surface area (TPSA) is 64.0 Å². The third-order valence-corrected chi connectivity index (χ3v) is 7.76. The summed E-state index contributed by atoms with van der Waals surface area (Å²) in [5, 5.41) is 4.26. The van der Waals surface area contributed by atoms with Gasteiger partial charge in [0, 0.05) is 11.4 Å². The van der Waals surface area contributed by atoms with Gasteiger partial charge in [-0.3, -0.25) is 14.2 Å². The van der Waals surface area contributed by atoms with Crippen LogP contribution < -0.4 is 10.9 Å². The van der Waals surface area contributed by atoms with Crippen LogP contribution in [0.4, 0.5) is 0 Å². The zero-order valence-electron chi connectivity index (χ0n) is 17.5. The molecular weight excluding hydrogens is 438 g/mol. The Labute approximate surface area is 194 Å². The Hall–Kier alpha value is -2.90. The normalized spacial score (nSPS) is 13.1. The Morgan fingerprint density at radius 3 is 2.53 bits per heavy atom. The molecule has 0 bridgehead atoms. The molecule has 32 heavy (non-hydrogen) atoms. The molecular formula is C25H23N3O2S2. The highest BCUT2D eigenvalue weighted by Gasteiger charge is 2.23. The lowest BCUT2D eigenvalue weighted by Gasteiger charge is -2.13. The molecule has 2 aromatic heterocycles. The summed E-state index contributed by atoms with van der Waals surface area (Å²) < 4.78 is 1.67. The van der Waals surface area contributed by atoms with Gasteiger partial charge in [0.05, 0.1) is 16.8 Å². The third kappa shape index (κ3) is 4.23. The molecule has 162 valence electrons. The maximum Gasteiger partial charge on any atom is 0.267 e. The van der Waals surface area contributed by atoms with Crippen LogP contribution in [0.3, 0.4) is 0 Å². The number of para-hydroxylation sites is 1. The molecule has 4 aromatic rings. The van der Waals surface area contributed by atoms with Gasteiger partial charge in [-0.25, -0.2) is 4.98 Å². The van der Waals surface area contributed by atoms with Crippen LogP contribution in [0.15, 0.2) is 70.6 Å². The fourth-order valence-electron chi connectivity index (χ4n) is 4.07. The fourth-order valence-corrected chi connectivity index (χ4v) is 6.21. The van der Waals surface area contributed by atoms with E-state index in [1.807, 2.05) is 60.7 Å². The molecule has 0 saturated heterocycles. The van der Waals surface area contributed by atoms with Crippen molar-refractivity contribution in [3.63, 3.8) is 0 Å². The van der Waals surface area contributed by atoms with Crippen molar-refractivity contribution < 1.29 is 4.79 Å². The van der Waals surface area contributed by atoms with E-state index in [-0.39, 0.29) is 17.2 Å². The highest BCUT2D eigenvalue weighted by molar-refractivity contribution is 7.99. The zero-order valence-corrected chi connectivity index (χ0v) is 19.2. The molecule has 0 saturated carbocycles. The highest BCUT2D eigenvalue weighted by atomic mass is 32.2. The predicted molar refractivity (Wildman–Crippen MR) is 131 cm³/mol. The standard InChI is InChI=1S/C25H23N3O2S2/c29-21(26-15-17-9-3-1-4-10-17)16-31-25-27-23-22(19-13-7-8-14-20(19)32-23)24(30)28(25)18-11-5-2-6-12-18/h1-6,9-12H,7-8,13-16H2,(H,26,29). The summed E-state index contributed by atoms with van der Waals surface area (Å²) in [7, 11) is 0. The number of hydrogen-bond acceptors (Lipinski definition) is 5. The number of rotatable bonds is 6. The monoisotopic (exact) mass is 461 g/mol. The van der Waals surface area contributed by atoms with Crippen molar-refractivity contribution in [3.8, 4) is 5.69 Å². The zero-order chi connectivity index (χ0) is 21.9. The van der Waals surface area contributed by atoms with Gasteiger partial charge >= 0.3 is 0 Å². The molecule has 2 aromatic carbocycles. The van der Waals surface area contributed by atoms with E-state index in [9.17, 15) is 9.59 Å². The van der Waals surface area contributed by atoms with E-state index in [1.54, 1.807) is 15.9 Å². The van der Waals surface area contributed by atoms with Gasteiger partial charge in [0.2, 0.25) is 5.91 Å². The van der Waals surface area contributed by atoms with Crippen LogP contribution in [-0.4, -0.2) is 21.2 Å². The summed E-state index contributed by atoms with van der Waals surface area (Å²) in [4.78, 5) is 33.1. The summed E-state index contributed by atoms with van der Waals surface area (Å²) in [6.07, 6.45) is 4.23. The molecule has 1 N–H and O–H groups in total. The molecule has 7 heteroatoms. The minimum atomic E-state index is -0.0849. The summed E-state index contributed by atoms with van der Waals surface area (Å²) >= 11 is 2.94. The van der Waals surface area contributed by atoms with E-state index < -0.39 is 0 Å². The predicted octanol–water partition coefficient (Wildman–Crippen LogP) is 4.73. The van der Waals surface area contributed by atoms with Crippen molar-refractivity contribution in [1.29, 1.82) is 0 Å². The van der Waals surface area contributed by atoms with E-state index in [4.69, 9.17) is 4.98 Å². The van der Waals surface area contributed by atoms with Crippen molar-refractivity contribution in [2.45, 2.75) is 37.4 Å². The van der Waals surface area contributed by atoms with Crippen molar-refractivity contribution in [1.82, 2.24) is 14.9 Å². The second kappa shape index (κ2) is 9.30. The fraction of sp³-hybridized carbons (Fsp3) is 0.240. The maximum atomic E-state index is 13.7. The summed E-state index contributed by atoms with van der Waals surface area (Å²) in [6.45, 7) is 0.482. The average Bonchev–Trinajstić information content (AvgIpc) is 3.21. The maximum absolute atomic E-state index is 13.7. The van der Waals surface area contributed by atoms with E-state index >= 15 is 0 Å². The number of fused-ring (bicyclic) bond motifs is 3. The molecule has 0 atom stereocenters. The summed E-state index contributed by atoms with van der Waals surface area (Å²) in [6, 6.07) is 19.4. The first-order valence-electron chi connectivity index (χ1n) is 10.8. The number of nitrogens with zero attached hydrogens (tertiary/aromatic N) is 2. The van der Waals surface area contributed by atoms with Crippen molar-refractivity contribution in [2.75, 3.05) is 5.75 Å². The quantitative estimate of drug-likeness (QED) is 0.333. The molecule has 1 aliphatic carbocycles. The Morgan fingerprint density at radius 2 is 1.75 bits per heavy atom. The van der Waals surface area contributed by atoms with Gasteiger partial charge in [-0.1, -0.05) is 60.3 Å². The SMILES string of the molecule is O=C(CSc1nc2sc3c(c2c(=O)n1-c1ccccc1)CCCC3)NCc1ccccc1. The molecule has 0 unspecified atom stereocenters. The summed E-state index contributed by atoms with van der Waals surface area (Å²) in [5.41, 5.74) is 2.97. The van der Waals surface area contributed by atoms with Gasteiger partial charge in [0.1, 0.15) is 4.83 Å². The van der Waals surface area contributed by atoms with Crippen LogP contribution >= 0.6 is 23.1 Å². The van der Waals surface area contributed by atoms with Crippen LogP contribution in [0.25, 0.3) is 15.9 Å². The van der Waals surface area contributed by atoms with Crippen molar-refractivity contribution >= 4 is 39.2 Å². The molecule has 5 rings (SSSR count). The molecule has 0 radical (unpaired) electrons. The van der Waals surface area contributed by atoms with E-state index in [1.165, 1.54) is 22.2 Å². The number of benzene rings is 2. The molecule has 0 spiro atoms. The van der Waals surface area contributed by atoms with Crippen molar-refractivity contribution in [2.24, 2.45) is 0 Å². The first-order valence-corrected chi connectivity index (χ1v) is 12.6. The Bertz CT molecular complexity index is 1310. The van der Waals surface area contributed by atoms with Gasteiger partial charge in [0.25, 0.3) is 5.56 Å². The molecule has 2 heterocycles. The lowest BCUT2D eigenvalue weighted by molar-refractivity contribution is -0.118. The van der Waals surface area contributed by atoms with E-state index in [0.29, 0.717) is 11.7 Å². The average molecular weight is 462 g/mol. The van der Waals surface area contributed by atoms with Crippen molar-refractivity contribution in [3.05, 3.63) is 87.0 Å². The largest absolute Gasteiger partial charge is 0.351 e. The Morgan fingerprint density at radius 1 is 1.03 bits per heavy atom. The minimum absolute atomic E-state index is 0.0345. The van der Waals surface area contributed by atoms with E-state index in [0.717, 1.165) is 47.2 Å². The van der Waals surface area contributed by atoms with E-state index in [2.05, 4.69) is 5.32 Å². The highest BCUT2D eigenvalue weighted by Crippen LogP contribution is 2.35. The van der Waals surface area contributed by atoms with Crippen LogP contribution in [0.5, 0.6) is 0 Å². The third-order valence-electron chi connectivity index (χ3n) is 5.64. The number of nitrogens with one attached hydrogen (secondary N) is 1. The van der Waals surface area contributed by atoms with Gasteiger partial charge in [-0.15, -0.1) is 11.3 Å². The van der Waals surface area contributed by atoms with Gasteiger partial charge in [-0.05, 0) is 48.9 Å². The number of aromatic nitrogens is 2. The van der Waals surface area contributed by atoms with Crippen LogP contribution in [0.2, 0.25) is 0 Å². The van der Waals surface area contributed by atoms with Gasteiger partial charge in [0.15, 0.2) is 5.16 Å². The summed E-state index contributed by atoms with van der Waals surface area (Å²) in [5.74, 6) is 0.112. The van der Waals surface area contributed by atoms with Crippen LogP contribution in [0, 0.1) is 0 Å². The smallest absolute Gasteiger partial charge is 0.267 e. The minimum Gasteiger partial charge on any atom is -0.351 e. The number of hydrogen-bond donors (Lipinski definition) is 1.